The van der Waals surface area contributed by atoms with Crippen LogP contribution in [0, 0.1) is 36.0 Å². The number of para-hydroxylation sites is 1. The quantitative estimate of drug-likeness (QED) is 0.0131. The normalized spacial score (nSPS) is 22.8. The maximum atomic E-state index is 14.0. The molecule has 5 fully saturated rings. The van der Waals surface area contributed by atoms with Crippen LogP contribution in [-0.2, 0) is 53.0 Å². The molecule has 0 radical (unpaired) electrons. The van der Waals surface area contributed by atoms with Gasteiger partial charge in [-0.05, 0) is 137 Å². The smallest absolute Gasteiger partial charge is 0.355 e. The van der Waals surface area contributed by atoms with Gasteiger partial charge in [0.1, 0.15) is 31.0 Å². The number of anilines is 5. The van der Waals surface area contributed by atoms with Crippen LogP contribution in [0.5, 0.6) is 0 Å². The molecule has 0 spiro atoms. The van der Waals surface area contributed by atoms with E-state index in [9.17, 15) is 38.7 Å². The average Bonchev–Trinajstić information content (AvgIpc) is 0.898. The number of urea groups is 1. The molecule has 514 valence electrons. The lowest BCUT2D eigenvalue weighted by Crippen LogP contribution is -2.64. The van der Waals surface area contributed by atoms with Crippen molar-refractivity contribution in [3.05, 3.63) is 107 Å². The minimum Gasteiger partial charge on any atom is -0.476 e. The Morgan fingerprint density at radius 3 is 2.28 bits per heavy atom. The van der Waals surface area contributed by atoms with Gasteiger partial charge in [0.05, 0.1) is 61.5 Å². The molecule has 8 N–H and O–H groups in total. The molecule has 26 heteroatoms. The summed E-state index contributed by atoms with van der Waals surface area (Å²) in [4.78, 5) is 102. The van der Waals surface area contributed by atoms with Gasteiger partial charge in [0.2, 0.25) is 17.7 Å². The van der Waals surface area contributed by atoms with E-state index in [-0.39, 0.29) is 72.6 Å². The third-order valence-corrected chi connectivity index (χ3v) is 21.7. The number of fused-ring (bicyclic) bond motifs is 2. The highest BCUT2D eigenvalue weighted by Crippen LogP contribution is 2.72. The number of imide groups is 1. The Morgan fingerprint density at radius 1 is 0.825 bits per heavy atom. The SMILES string of the molecule is Cc1c(Nc2nc3ccccc3s2)nnc2c1CCCN2c1ccc(-c2cnn(CC34CC5(C)CC(C)(C3)CC(OCC[N+]3(Cc6ccc(NC(=O)[C@H](CCCNC(N)=O)NC(=O)[C@@H](NC(=O)CCOCCN7C(=O)C=CC7=O)C(C)C)cc6)CCCC3)(C5)C4)c2C)c(C(=O)O)n1. The van der Waals surface area contributed by atoms with Gasteiger partial charge in [0, 0.05) is 90.2 Å². The fourth-order valence-corrected chi connectivity index (χ4v) is 18.3. The average molecular weight is 1350 g/mol. The molecule has 4 bridgehead atoms. The third-order valence-electron chi connectivity index (χ3n) is 20.7. The molecule has 4 atom stereocenters. The second-order valence-electron chi connectivity index (χ2n) is 29.1. The van der Waals surface area contributed by atoms with Crippen LogP contribution >= 0.6 is 11.3 Å². The van der Waals surface area contributed by atoms with Crippen molar-refractivity contribution in [3.8, 4) is 11.1 Å². The number of primary amides is 1. The summed E-state index contributed by atoms with van der Waals surface area (Å²) < 4.78 is 17.0. The Balaban J connectivity index is 0.670. The fourth-order valence-electron chi connectivity index (χ4n) is 17.4. The van der Waals surface area contributed by atoms with Crippen LogP contribution in [0.2, 0.25) is 0 Å². The van der Waals surface area contributed by atoms with Crippen molar-refractivity contribution in [1.82, 2.24) is 50.8 Å². The van der Waals surface area contributed by atoms with E-state index in [0.29, 0.717) is 54.8 Å². The van der Waals surface area contributed by atoms with Crippen molar-refractivity contribution >= 4 is 91.4 Å². The summed E-state index contributed by atoms with van der Waals surface area (Å²) in [6.07, 6.45) is 14.7. The Labute approximate surface area is 568 Å². The molecule has 7 heterocycles. The largest absolute Gasteiger partial charge is 0.476 e. The first-order valence-corrected chi connectivity index (χ1v) is 34.9. The number of thiazole rings is 1. The molecular weight excluding hydrogens is 1250 g/mol. The van der Waals surface area contributed by atoms with E-state index in [0.717, 1.165) is 143 Å². The second kappa shape index (κ2) is 28.0. The number of hydrogen-bond acceptors (Lipinski definition) is 17. The van der Waals surface area contributed by atoms with E-state index < -0.39 is 53.6 Å². The van der Waals surface area contributed by atoms with E-state index in [1.54, 1.807) is 25.2 Å². The first-order valence-electron chi connectivity index (χ1n) is 34.1. The molecule has 97 heavy (non-hydrogen) atoms. The number of pyridine rings is 1. The van der Waals surface area contributed by atoms with E-state index in [4.69, 9.17) is 35.4 Å². The van der Waals surface area contributed by atoms with Crippen molar-refractivity contribution in [3.63, 3.8) is 0 Å². The van der Waals surface area contributed by atoms with Crippen LogP contribution < -0.4 is 37.2 Å². The van der Waals surface area contributed by atoms with Crippen molar-refractivity contribution in [1.29, 1.82) is 0 Å². The van der Waals surface area contributed by atoms with Gasteiger partial charge in [-0.3, -0.25) is 33.6 Å². The van der Waals surface area contributed by atoms with Crippen LogP contribution in [0.4, 0.5) is 33.1 Å². The first kappa shape index (κ1) is 68.2. The Morgan fingerprint density at radius 2 is 1.57 bits per heavy atom. The summed E-state index contributed by atoms with van der Waals surface area (Å²) in [5, 5.41) is 40.4. The maximum Gasteiger partial charge on any atom is 0.355 e. The molecule has 4 aliphatic carbocycles. The summed E-state index contributed by atoms with van der Waals surface area (Å²) in [7, 11) is 0. The van der Waals surface area contributed by atoms with Crippen molar-refractivity contribution in [2.75, 3.05) is 74.6 Å². The van der Waals surface area contributed by atoms with E-state index >= 15 is 0 Å². The topological polar surface area (TPSA) is 320 Å². The summed E-state index contributed by atoms with van der Waals surface area (Å²) in [5.74, 6) is -1.97. The van der Waals surface area contributed by atoms with Crippen molar-refractivity contribution < 1.29 is 52.6 Å². The molecule has 7 aliphatic rings. The molecule has 2 unspecified atom stereocenters. The van der Waals surface area contributed by atoms with Gasteiger partial charge in [-0.25, -0.2) is 19.6 Å². The molecule has 4 aromatic heterocycles. The summed E-state index contributed by atoms with van der Waals surface area (Å²) in [5.41, 5.74) is 11.8. The molecule has 3 aliphatic heterocycles. The summed E-state index contributed by atoms with van der Waals surface area (Å²) in [6.45, 7) is 18.5. The highest BCUT2D eigenvalue weighted by molar-refractivity contribution is 7.22. The molecular formula is C71H90N15O10S+. The number of benzene rings is 2. The summed E-state index contributed by atoms with van der Waals surface area (Å²) in [6, 6.07) is 16.9. The number of aromatic carboxylic acids is 1. The fraction of sp³-hybridized carbons (Fsp3) is 0.521. The predicted octanol–water partition coefficient (Wildman–Crippen LogP) is 8.78. The van der Waals surface area contributed by atoms with Crippen LogP contribution in [0.15, 0.2) is 79.0 Å². The lowest BCUT2D eigenvalue weighted by Gasteiger charge is -2.69. The molecule has 13 rings (SSSR count). The molecule has 2 aromatic carbocycles. The van der Waals surface area contributed by atoms with E-state index in [1.165, 1.54) is 12.2 Å². The Bertz CT molecular complexity index is 3960. The van der Waals surface area contributed by atoms with Crippen LogP contribution in [-0.4, -0.2) is 163 Å². The number of carboxylic acids is 1. The van der Waals surface area contributed by atoms with Gasteiger partial charge < -0.3 is 56.3 Å². The zero-order valence-electron chi connectivity index (χ0n) is 56.3. The van der Waals surface area contributed by atoms with Gasteiger partial charge in [0.25, 0.3) is 11.8 Å². The third kappa shape index (κ3) is 15.2. The Hall–Kier alpha value is -8.72. The summed E-state index contributed by atoms with van der Waals surface area (Å²) >= 11 is 1.56. The number of aromatic nitrogens is 6. The monoisotopic (exact) mass is 1340 g/mol. The van der Waals surface area contributed by atoms with Crippen LogP contribution in [0.1, 0.15) is 138 Å². The zero-order chi connectivity index (χ0) is 68.4. The zero-order valence-corrected chi connectivity index (χ0v) is 57.2. The number of ether oxygens (including phenoxy) is 2. The standard InChI is InChI=1S/C71H89N15O10S/c1-44(2)59(79-56(87)25-32-95-33-28-84-57(88)23-24-58(84)89)64(91)76-53(15-11-26-73-66(72)94)63(90)75-48-19-17-47(18-20-48)36-86(29-9-10-30-86)31-34-96-71-40-68(5)37-69(6,41-71)39-70(38-68,42-71)43-85-46(4)51(35-74-85)50-21-22-55(78-60(50)65(92)93)83-27-12-13-49-45(3)61(81-82-62(49)83)80-67-77-52-14-7-8-16-54(52)97-67/h7-8,14,16-24,35,44,53,59H,9-13,15,25-34,36-43H2,1-6H3,(H7-,72,73,75,76,77,79,80,81,87,90,91,92,93,94)/p+1/t53-,59-,68?,69?,70?,71?/m0/s1. The molecule has 1 saturated heterocycles. The number of nitrogens with zero attached hydrogens (tertiary/aromatic N) is 9. The number of carboxylic acid groups (broad SMARTS) is 1. The van der Waals surface area contributed by atoms with Gasteiger partial charge in [-0.15, -0.1) is 10.2 Å². The van der Waals surface area contributed by atoms with Gasteiger partial charge in [0.15, 0.2) is 22.5 Å². The number of carbonyl (C=O) groups excluding carboxylic acids is 6. The second-order valence-corrected chi connectivity index (χ2v) is 30.1. The number of carbonyl (C=O) groups is 7. The van der Waals surface area contributed by atoms with Crippen LogP contribution in [0.25, 0.3) is 21.3 Å². The number of rotatable bonds is 29. The minimum atomic E-state index is -1.12. The predicted molar refractivity (Wildman–Crippen MR) is 367 cm³/mol. The number of quaternary nitrogens is 1. The minimum absolute atomic E-state index is 0.00688. The molecule has 4 saturated carbocycles. The van der Waals surface area contributed by atoms with Gasteiger partial charge >= 0.3 is 12.0 Å². The van der Waals surface area contributed by atoms with Crippen molar-refractivity contribution in [2.45, 2.75) is 156 Å². The first-order chi connectivity index (χ1) is 46.4. The molecule has 7 amide bonds. The lowest BCUT2D eigenvalue weighted by molar-refractivity contribution is -0.930. The Kier molecular flexibility index (Phi) is 19.7. The number of hydrogen-bond donors (Lipinski definition) is 7. The van der Waals surface area contributed by atoms with E-state index in [1.807, 2.05) is 85.6 Å². The molecule has 6 aromatic rings. The highest BCUT2D eigenvalue weighted by Gasteiger charge is 2.66. The van der Waals surface area contributed by atoms with E-state index in [2.05, 4.69) is 50.2 Å². The van der Waals surface area contributed by atoms with Crippen LogP contribution in [0.3, 0.4) is 0 Å². The highest BCUT2D eigenvalue weighted by atomic mass is 32.1. The number of amides is 7. The van der Waals surface area contributed by atoms with Gasteiger partial charge in [-0.2, -0.15) is 5.10 Å². The lowest BCUT2D eigenvalue weighted by atomic mass is 9.39. The number of nitrogens with two attached hydrogens (primary N) is 1. The van der Waals surface area contributed by atoms with Crippen molar-refractivity contribution in [2.24, 2.45) is 27.9 Å². The number of nitrogens with one attached hydrogen (secondary N) is 5. The molecule has 25 nitrogen and oxygen atoms in total. The number of likely N-dealkylation sites (tertiary alicyclic amines) is 1. The van der Waals surface area contributed by atoms with Gasteiger partial charge in [-0.1, -0.05) is 63.3 Å². The maximum absolute atomic E-state index is 14.0.